The SMILES string of the molecule is Cc1cc(Br)c2ncc(Cl)c(N3CCNCC3)c2c1. The number of anilines is 1. The van der Waals surface area contributed by atoms with Gasteiger partial charge in [-0.2, -0.15) is 0 Å². The molecule has 1 aliphatic heterocycles. The number of hydrogen-bond donors (Lipinski definition) is 1. The Morgan fingerprint density at radius 2 is 2.05 bits per heavy atom. The number of piperazine rings is 1. The molecule has 0 unspecified atom stereocenters. The number of fused-ring (bicyclic) bond motifs is 1. The maximum Gasteiger partial charge on any atom is 0.0866 e. The van der Waals surface area contributed by atoms with Gasteiger partial charge < -0.3 is 10.2 Å². The molecular formula is C14H15BrClN3. The lowest BCUT2D eigenvalue weighted by Gasteiger charge is -2.31. The summed E-state index contributed by atoms with van der Waals surface area (Å²) >= 11 is 10.00. The number of benzene rings is 1. The van der Waals surface area contributed by atoms with Crippen molar-refractivity contribution in [3.63, 3.8) is 0 Å². The summed E-state index contributed by atoms with van der Waals surface area (Å²) in [6.45, 7) is 6.03. The van der Waals surface area contributed by atoms with Crippen LogP contribution in [0.2, 0.25) is 5.02 Å². The van der Waals surface area contributed by atoms with Crippen molar-refractivity contribution in [3.05, 3.63) is 33.4 Å². The smallest absolute Gasteiger partial charge is 0.0866 e. The number of hydrogen-bond acceptors (Lipinski definition) is 3. The van der Waals surface area contributed by atoms with E-state index in [4.69, 9.17) is 11.6 Å². The Morgan fingerprint density at radius 3 is 2.79 bits per heavy atom. The standard InChI is InChI=1S/C14H15BrClN3/c1-9-6-10-13(11(15)7-9)18-8-12(16)14(10)19-4-2-17-3-5-19/h6-8,17H,2-5H2,1H3. The Balaban J connectivity index is 2.23. The highest BCUT2D eigenvalue weighted by Crippen LogP contribution is 2.36. The Labute approximate surface area is 126 Å². The van der Waals surface area contributed by atoms with Gasteiger partial charge in [0.05, 0.1) is 16.2 Å². The fourth-order valence-corrected chi connectivity index (χ4v) is 3.51. The number of nitrogens with one attached hydrogen (secondary N) is 1. The molecule has 1 aliphatic rings. The quantitative estimate of drug-likeness (QED) is 0.863. The van der Waals surface area contributed by atoms with E-state index in [1.54, 1.807) is 6.20 Å². The molecule has 0 bridgehead atoms. The van der Waals surface area contributed by atoms with E-state index >= 15 is 0 Å². The number of nitrogens with zero attached hydrogens (tertiary/aromatic N) is 2. The van der Waals surface area contributed by atoms with Crippen molar-refractivity contribution in [2.75, 3.05) is 31.1 Å². The van der Waals surface area contributed by atoms with Crippen LogP contribution in [0.15, 0.2) is 22.8 Å². The van der Waals surface area contributed by atoms with Crippen LogP contribution in [0.4, 0.5) is 5.69 Å². The minimum Gasteiger partial charge on any atom is -0.367 e. The summed E-state index contributed by atoms with van der Waals surface area (Å²) in [5.41, 5.74) is 3.29. The van der Waals surface area contributed by atoms with Crippen molar-refractivity contribution < 1.29 is 0 Å². The van der Waals surface area contributed by atoms with Crippen LogP contribution in [0.1, 0.15) is 5.56 Å². The van der Waals surface area contributed by atoms with E-state index in [1.165, 1.54) is 5.56 Å². The fraction of sp³-hybridized carbons (Fsp3) is 0.357. The van der Waals surface area contributed by atoms with E-state index in [0.29, 0.717) is 0 Å². The van der Waals surface area contributed by atoms with Crippen molar-refractivity contribution in [3.8, 4) is 0 Å². The molecule has 2 aromatic rings. The molecule has 1 N–H and O–H groups in total. The molecule has 0 radical (unpaired) electrons. The average molecular weight is 341 g/mol. The van der Waals surface area contributed by atoms with Crippen LogP contribution in [-0.4, -0.2) is 31.2 Å². The Bertz CT molecular complexity index is 624. The van der Waals surface area contributed by atoms with Crippen LogP contribution in [0.3, 0.4) is 0 Å². The zero-order valence-electron chi connectivity index (χ0n) is 10.7. The van der Waals surface area contributed by atoms with Crippen LogP contribution < -0.4 is 10.2 Å². The van der Waals surface area contributed by atoms with Gasteiger partial charge >= 0.3 is 0 Å². The van der Waals surface area contributed by atoms with Gasteiger partial charge in [0, 0.05) is 42.2 Å². The number of aryl methyl sites for hydroxylation is 1. The third-order valence-corrected chi connectivity index (χ3v) is 4.31. The third kappa shape index (κ3) is 2.45. The highest BCUT2D eigenvalue weighted by molar-refractivity contribution is 9.10. The molecule has 0 spiro atoms. The summed E-state index contributed by atoms with van der Waals surface area (Å²) < 4.78 is 1.02. The van der Waals surface area contributed by atoms with Gasteiger partial charge in [0.15, 0.2) is 0 Å². The third-order valence-electron chi connectivity index (χ3n) is 3.43. The molecule has 5 heteroatoms. The lowest BCUT2D eigenvalue weighted by molar-refractivity contribution is 0.590. The van der Waals surface area contributed by atoms with E-state index in [0.717, 1.165) is 52.3 Å². The summed E-state index contributed by atoms with van der Waals surface area (Å²) in [5.74, 6) is 0. The first-order valence-electron chi connectivity index (χ1n) is 6.37. The van der Waals surface area contributed by atoms with Crippen molar-refractivity contribution in [1.82, 2.24) is 10.3 Å². The summed E-state index contributed by atoms with van der Waals surface area (Å²) in [4.78, 5) is 6.80. The summed E-state index contributed by atoms with van der Waals surface area (Å²) in [7, 11) is 0. The summed E-state index contributed by atoms with van der Waals surface area (Å²) in [6.07, 6.45) is 1.75. The number of halogens is 2. The van der Waals surface area contributed by atoms with Crippen molar-refractivity contribution in [2.24, 2.45) is 0 Å². The normalized spacial score (nSPS) is 16.1. The molecule has 2 heterocycles. The molecule has 100 valence electrons. The minimum atomic E-state index is 0.729. The van der Waals surface area contributed by atoms with Crippen LogP contribution in [0, 0.1) is 6.92 Å². The number of aromatic nitrogens is 1. The van der Waals surface area contributed by atoms with E-state index in [1.807, 2.05) is 0 Å². The van der Waals surface area contributed by atoms with Gasteiger partial charge in [-0.3, -0.25) is 4.98 Å². The van der Waals surface area contributed by atoms with E-state index in [2.05, 4.69) is 50.2 Å². The first-order chi connectivity index (χ1) is 9.16. The van der Waals surface area contributed by atoms with Gasteiger partial charge in [0.2, 0.25) is 0 Å². The molecule has 1 aromatic carbocycles. The fourth-order valence-electron chi connectivity index (χ4n) is 2.57. The number of rotatable bonds is 1. The molecule has 0 aliphatic carbocycles. The average Bonchev–Trinajstić information content (AvgIpc) is 2.39. The van der Waals surface area contributed by atoms with Crippen LogP contribution >= 0.6 is 27.5 Å². The predicted molar refractivity (Wildman–Crippen MR) is 84.3 cm³/mol. The maximum absolute atomic E-state index is 6.40. The monoisotopic (exact) mass is 339 g/mol. The van der Waals surface area contributed by atoms with Crippen LogP contribution in [-0.2, 0) is 0 Å². The molecule has 3 rings (SSSR count). The highest BCUT2D eigenvalue weighted by atomic mass is 79.9. The maximum atomic E-state index is 6.40. The van der Waals surface area contributed by atoms with E-state index < -0.39 is 0 Å². The van der Waals surface area contributed by atoms with Gasteiger partial charge in [-0.15, -0.1) is 0 Å². The first-order valence-corrected chi connectivity index (χ1v) is 7.54. The molecule has 19 heavy (non-hydrogen) atoms. The van der Waals surface area contributed by atoms with Gasteiger partial charge in [-0.1, -0.05) is 11.6 Å². The second-order valence-electron chi connectivity index (χ2n) is 4.83. The molecule has 1 aromatic heterocycles. The van der Waals surface area contributed by atoms with Gasteiger partial charge in [-0.25, -0.2) is 0 Å². The molecular weight excluding hydrogens is 326 g/mol. The van der Waals surface area contributed by atoms with Crippen molar-refractivity contribution in [1.29, 1.82) is 0 Å². The Kier molecular flexibility index (Phi) is 3.65. The van der Waals surface area contributed by atoms with Gasteiger partial charge in [-0.05, 0) is 40.5 Å². The predicted octanol–water partition coefficient (Wildman–Crippen LogP) is 3.37. The highest BCUT2D eigenvalue weighted by Gasteiger charge is 2.18. The van der Waals surface area contributed by atoms with E-state index in [-0.39, 0.29) is 0 Å². The molecule has 1 saturated heterocycles. The second kappa shape index (κ2) is 5.27. The largest absolute Gasteiger partial charge is 0.367 e. The molecule has 0 saturated carbocycles. The van der Waals surface area contributed by atoms with Crippen LogP contribution in [0.25, 0.3) is 10.9 Å². The molecule has 1 fully saturated rings. The van der Waals surface area contributed by atoms with Gasteiger partial charge in [0.25, 0.3) is 0 Å². The molecule has 0 atom stereocenters. The minimum absolute atomic E-state index is 0.729. The summed E-state index contributed by atoms with van der Waals surface area (Å²) in [5, 5.41) is 5.22. The second-order valence-corrected chi connectivity index (χ2v) is 6.10. The van der Waals surface area contributed by atoms with Crippen molar-refractivity contribution in [2.45, 2.75) is 6.92 Å². The van der Waals surface area contributed by atoms with E-state index in [9.17, 15) is 0 Å². The van der Waals surface area contributed by atoms with Crippen molar-refractivity contribution >= 4 is 44.1 Å². The lowest BCUT2D eigenvalue weighted by atomic mass is 10.1. The number of pyridine rings is 1. The molecule has 0 amide bonds. The lowest BCUT2D eigenvalue weighted by Crippen LogP contribution is -2.43. The van der Waals surface area contributed by atoms with Gasteiger partial charge in [0.1, 0.15) is 0 Å². The zero-order chi connectivity index (χ0) is 13.4. The Hall–Kier alpha value is -0.840. The zero-order valence-corrected chi connectivity index (χ0v) is 13.1. The first kappa shape index (κ1) is 13.2. The summed E-state index contributed by atoms with van der Waals surface area (Å²) in [6, 6.07) is 4.25. The Morgan fingerprint density at radius 1 is 1.32 bits per heavy atom. The van der Waals surface area contributed by atoms with Crippen LogP contribution in [0.5, 0.6) is 0 Å². The topological polar surface area (TPSA) is 28.2 Å². The molecule has 3 nitrogen and oxygen atoms in total.